The Hall–Kier alpha value is -2.71. The number of aromatic nitrogens is 5. The van der Waals surface area contributed by atoms with E-state index in [1.54, 1.807) is 24.7 Å². The van der Waals surface area contributed by atoms with Gasteiger partial charge in [0.25, 0.3) is 0 Å². The van der Waals surface area contributed by atoms with Gasteiger partial charge in [-0.25, -0.2) is 4.98 Å². The van der Waals surface area contributed by atoms with Gasteiger partial charge in [-0.05, 0) is 24.1 Å². The number of phenolic OH excluding ortho intramolecular Hbond substituents is 1. The van der Waals surface area contributed by atoms with Gasteiger partial charge in [0.05, 0.1) is 12.4 Å². The summed E-state index contributed by atoms with van der Waals surface area (Å²) in [7, 11) is 0. The Morgan fingerprint density at radius 1 is 1.21 bits per heavy atom. The number of anilines is 1. The lowest BCUT2D eigenvalue weighted by atomic mass is 10.0. The topological polar surface area (TPSA) is 103 Å². The van der Waals surface area contributed by atoms with E-state index in [0.29, 0.717) is 29.3 Å². The van der Waals surface area contributed by atoms with Crippen molar-refractivity contribution >= 4 is 18.4 Å². The van der Waals surface area contributed by atoms with E-state index in [9.17, 15) is 5.11 Å². The first-order valence-electron chi connectivity index (χ1n) is 9.13. The molecule has 3 heterocycles. The standard InChI is InChI=1S/C19H23N7O.ClH/c1-12(2)23-15-5-6-26(11-15)19-20-10-17(24-25-19)16-4-3-13(7-18(16)27)14-8-21-22-9-14;/h3-4,7-10,12,15,23,27H,5-6,11H2,1-2H3,(H,21,22);1H. The zero-order valence-electron chi connectivity index (χ0n) is 15.8. The Balaban J connectivity index is 0.00000225. The van der Waals surface area contributed by atoms with Crippen molar-refractivity contribution in [2.45, 2.75) is 32.4 Å². The predicted octanol–water partition coefficient (Wildman–Crippen LogP) is 2.63. The van der Waals surface area contributed by atoms with Gasteiger partial charge in [-0.2, -0.15) is 5.10 Å². The Labute approximate surface area is 169 Å². The molecule has 3 N–H and O–H groups in total. The van der Waals surface area contributed by atoms with E-state index in [2.05, 4.69) is 49.4 Å². The van der Waals surface area contributed by atoms with E-state index in [-0.39, 0.29) is 18.2 Å². The zero-order valence-corrected chi connectivity index (χ0v) is 16.6. The molecule has 0 saturated carbocycles. The Kier molecular flexibility index (Phi) is 6.11. The molecule has 1 saturated heterocycles. The number of rotatable bonds is 5. The molecule has 0 bridgehead atoms. The molecule has 0 amide bonds. The van der Waals surface area contributed by atoms with Crippen LogP contribution in [0.1, 0.15) is 20.3 Å². The first-order chi connectivity index (χ1) is 13.1. The fourth-order valence-electron chi connectivity index (χ4n) is 3.42. The highest BCUT2D eigenvalue weighted by Gasteiger charge is 2.25. The van der Waals surface area contributed by atoms with Crippen LogP contribution in [0.2, 0.25) is 0 Å². The summed E-state index contributed by atoms with van der Waals surface area (Å²) in [6, 6.07) is 6.34. The van der Waals surface area contributed by atoms with Crippen LogP contribution in [0.5, 0.6) is 5.75 Å². The van der Waals surface area contributed by atoms with Crippen molar-refractivity contribution in [2.75, 3.05) is 18.0 Å². The summed E-state index contributed by atoms with van der Waals surface area (Å²) in [4.78, 5) is 6.60. The van der Waals surface area contributed by atoms with Crippen LogP contribution in [-0.2, 0) is 0 Å². The van der Waals surface area contributed by atoms with Gasteiger partial charge in [0.2, 0.25) is 5.95 Å². The molecule has 0 radical (unpaired) electrons. The highest BCUT2D eigenvalue weighted by Crippen LogP contribution is 2.32. The van der Waals surface area contributed by atoms with Crippen LogP contribution < -0.4 is 10.2 Å². The smallest absolute Gasteiger partial charge is 0.245 e. The molecule has 1 atom stereocenters. The molecule has 8 nitrogen and oxygen atoms in total. The van der Waals surface area contributed by atoms with Crippen molar-refractivity contribution in [2.24, 2.45) is 0 Å². The summed E-state index contributed by atoms with van der Waals surface area (Å²) >= 11 is 0. The molecule has 2 aromatic heterocycles. The average molecular weight is 402 g/mol. The lowest BCUT2D eigenvalue weighted by Gasteiger charge is -2.18. The maximum Gasteiger partial charge on any atom is 0.245 e. The van der Waals surface area contributed by atoms with Crippen LogP contribution in [0.4, 0.5) is 5.95 Å². The van der Waals surface area contributed by atoms with Crippen LogP contribution in [0.3, 0.4) is 0 Å². The number of aromatic amines is 1. The Morgan fingerprint density at radius 2 is 2.07 bits per heavy atom. The number of nitrogens with one attached hydrogen (secondary N) is 2. The number of halogens is 1. The highest BCUT2D eigenvalue weighted by molar-refractivity contribution is 5.85. The van der Waals surface area contributed by atoms with Crippen molar-refractivity contribution in [3.8, 4) is 28.1 Å². The monoisotopic (exact) mass is 401 g/mol. The molecule has 148 valence electrons. The van der Waals surface area contributed by atoms with Gasteiger partial charge in [-0.3, -0.25) is 5.10 Å². The van der Waals surface area contributed by atoms with Crippen molar-refractivity contribution in [3.63, 3.8) is 0 Å². The second-order valence-corrected chi connectivity index (χ2v) is 7.12. The summed E-state index contributed by atoms with van der Waals surface area (Å²) in [6.07, 6.45) is 6.22. The van der Waals surface area contributed by atoms with Gasteiger partial charge in [0, 0.05) is 42.5 Å². The summed E-state index contributed by atoms with van der Waals surface area (Å²) in [5.74, 6) is 0.765. The zero-order chi connectivity index (χ0) is 18.8. The van der Waals surface area contributed by atoms with Gasteiger partial charge < -0.3 is 15.3 Å². The van der Waals surface area contributed by atoms with Gasteiger partial charge in [-0.1, -0.05) is 19.9 Å². The van der Waals surface area contributed by atoms with E-state index in [1.807, 2.05) is 12.1 Å². The van der Waals surface area contributed by atoms with Crippen molar-refractivity contribution < 1.29 is 5.11 Å². The molecule has 28 heavy (non-hydrogen) atoms. The number of hydrogen-bond donors (Lipinski definition) is 3. The second-order valence-electron chi connectivity index (χ2n) is 7.12. The van der Waals surface area contributed by atoms with E-state index in [1.165, 1.54) is 0 Å². The van der Waals surface area contributed by atoms with Crippen LogP contribution in [0, 0.1) is 0 Å². The maximum atomic E-state index is 10.4. The molecule has 0 spiro atoms. The normalized spacial score (nSPS) is 16.4. The molecule has 0 aliphatic carbocycles. The number of H-pyrrole nitrogens is 1. The summed E-state index contributed by atoms with van der Waals surface area (Å²) < 4.78 is 0. The van der Waals surface area contributed by atoms with E-state index in [0.717, 1.165) is 30.6 Å². The predicted molar refractivity (Wildman–Crippen MR) is 111 cm³/mol. The van der Waals surface area contributed by atoms with Gasteiger partial charge in [-0.15, -0.1) is 22.6 Å². The molecule has 1 aromatic carbocycles. The number of benzene rings is 1. The number of nitrogens with zero attached hydrogens (tertiary/aromatic N) is 5. The van der Waals surface area contributed by atoms with Crippen molar-refractivity contribution in [1.29, 1.82) is 0 Å². The molecule has 3 aromatic rings. The molecular formula is C19H24ClN7O. The largest absolute Gasteiger partial charge is 0.507 e. The lowest BCUT2D eigenvalue weighted by Crippen LogP contribution is -2.37. The lowest BCUT2D eigenvalue weighted by molar-refractivity contribution is 0.477. The minimum atomic E-state index is 0. The second kappa shape index (κ2) is 8.53. The van der Waals surface area contributed by atoms with E-state index < -0.39 is 0 Å². The molecule has 4 rings (SSSR count). The van der Waals surface area contributed by atoms with E-state index >= 15 is 0 Å². The summed E-state index contributed by atoms with van der Waals surface area (Å²) in [6.45, 7) is 6.10. The van der Waals surface area contributed by atoms with Gasteiger partial charge in [0.15, 0.2) is 0 Å². The van der Waals surface area contributed by atoms with Gasteiger partial charge in [0.1, 0.15) is 11.4 Å². The van der Waals surface area contributed by atoms with Crippen molar-refractivity contribution in [3.05, 3.63) is 36.8 Å². The third-order valence-electron chi connectivity index (χ3n) is 4.69. The van der Waals surface area contributed by atoms with Crippen molar-refractivity contribution in [1.82, 2.24) is 30.7 Å². The highest BCUT2D eigenvalue weighted by atomic mass is 35.5. The SMILES string of the molecule is CC(C)NC1CCN(c2ncc(-c3ccc(-c4cn[nH]c4)cc3O)nn2)C1.Cl. The maximum absolute atomic E-state index is 10.4. The number of hydrogen-bond acceptors (Lipinski definition) is 7. The van der Waals surface area contributed by atoms with Gasteiger partial charge >= 0.3 is 0 Å². The van der Waals surface area contributed by atoms with Crippen LogP contribution in [0.25, 0.3) is 22.4 Å². The molecule has 1 aliphatic heterocycles. The van der Waals surface area contributed by atoms with Crippen LogP contribution >= 0.6 is 12.4 Å². The molecule has 1 fully saturated rings. The average Bonchev–Trinajstić information content (AvgIpc) is 3.33. The van der Waals surface area contributed by atoms with Crippen LogP contribution in [0.15, 0.2) is 36.8 Å². The number of phenols is 1. The number of aromatic hydroxyl groups is 1. The third-order valence-corrected chi connectivity index (χ3v) is 4.69. The minimum Gasteiger partial charge on any atom is -0.507 e. The fraction of sp³-hybridized carbons (Fsp3) is 0.368. The Bertz CT molecular complexity index is 899. The summed E-state index contributed by atoms with van der Waals surface area (Å²) in [5.41, 5.74) is 2.94. The fourth-order valence-corrected chi connectivity index (χ4v) is 3.42. The molecular weight excluding hydrogens is 378 g/mol. The quantitative estimate of drug-likeness (QED) is 0.603. The molecule has 9 heteroatoms. The molecule has 1 aliphatic rings. The molecule has 1 unspecified atom stereocenters. The first kappa shape index (κ1) is 20.0. The Morgan fingerprint density at radius 3 is 2.71 bits per heavy atom. The summed E-state index contributed by atoms with van der Waals surface area (Å²) in [5, 5.41) is 29.2. The van der Waals surface area contributed by atoms with Crippen LogP contribution in [-0.4, -0.2) is 55.7 Å². The van der Waals surface area contributed by atoms with E-state index in [4.69, 9.17) is 0 Å². The third kappa shape index (κ3) is 4.23. The minimum absolute atomic E-state index is 0. The first-order valence-corrected chi connectivity index (χ1v) is 9.13.